The number of hydrogen-bond donors (Lipinski definition) is 1. The lowest BCUT2D eigenvalue weighted by molar-refractivity contribution is -0.124. The molecule has 5 heteroatoms. The normalized spacial score (nSPS) is 21.3. The Morgan fingerprint density at radius 2 is 1.94 bits per heavy atom. The second-order valence-corrected chi connectivity index (χ2v) is 5.06. The Kier molecular flexibility index (Phi) is 2.77. The van der Waals surface area contributed by atoms with E-state index in [0.29, 0.717) is 0 Å². The molecule has 1 aliphatic rings. The zero-order chi connectivity index (χ0) is 12.8. The predicted octanol–water partition coefficient (Wildman–Crippen LogP) is 2.15. The first-order chi connectivity index (χ1) is 7.85. The molecule has 1 aliphatic carbocycles. The van der Waals surface area contributed by atoms with Crippen LogP contribution in [0, 0.1) is 13.8 Å². The molecule has 1 fully saturated rings. The molecule has 0 radical (unpaired) electrons. The first kappa shape index (κ1) is 12.5. The predicted molar refractivity (Wildman–Crippen MR) is 62.3 cm³/mol. The van der Waals surface area contributed by atoms with Gasteiger partial charge in [-0.05, 0) is 20.8 Å². The Bertz CT molecular complexity index is 429. The molecular weight excluding hydrogens is 224 g/mol. The number of nitrogens with zero attached hydrogens (tertiary/aromatic N) is 2. The minimum Gasteiger partial charge on any atom is -0.330 e. The van der Waals surface area contributed by atoms with Gasteiger partial charge in [-0.3, -0.25) is 4.68 Å². The minimum absolute atomic E-state index is 0.145. The second kappa shape index (κ2) is 3.77. The summed E-state index contributed by atoms with van der Waals surface area (Å²) in [6.07, 6.45) is -0.291. The molecule has 0 bridgehead atoms. The highest BCUT2D eigenvalue weighted by Crippen LogP contribution is 2.54. The Hall–Kier alpha value is -0.970. The number of aromatic nitrogens is 2. The second-order valence-electron chi connectivity index (χ2n) is 5.06. The largest absolute Gasteiger partial charge is 0.330 e. The molecule has 0 saturated heterocycles. The molecule has 0 atom stereocenters. The smallest absolute Gasteiger partial charge is 0.250 e. The first-order valence-electron chi connectivity index (χ1n) is 5.97. The fourth-order valence-corrected chi connectivity index (χ4v) is 3.13. The molecule has 1 heterocycles. The van der Waals surface area contributed by atoms with Crippen molar-refractivity contribution in [2.24, 2.45) is 5.73 Å². The van der Waals surface area contributed by atoms with Gasteiger partial charge in [-0.15, -0.1) is 0 Å². The van der Waals surface area contributed by atoms with E-state index in [1.165, 1.54) is 0 Å². The van der Waals surface area contributed by atoms with Crippen LogP contribution in [0.25, 0.3) is 0 Å². The van der Waals surface area contributed by atoms with E-state index in [9.17, 15) is 8.78 Å². The van der Waals surface area contributed by atoms with Crippen LogP contribution < -0.4 is 5.73 Å². The molecule has 0 unspecified atom stereocenters. The molecule has 1 saturated carbocycles. The van der Waals surface area contributed by atoms with Gasteiger partial charge in [0.15, 0.2) is 0 Å². The monoisotopic (exact) mass is 243 g/mol. The summed E-state index contributed by atoms with van der Waals surface area (Å²) in [5.41, 5.74) is 7.93. The van der Waals surface area contributed by atoms with Crippen LogP contribution in [0.2, 0.25) is 0 Å². The highest BCUT2D eigenvalue weighted by molar-refractivity contribution is 5.38. The van der Waals surface area contributed by atoms with Gasteiger partial charge in [0.1, 0.15) is 0 Å². The van der Waals surface area contributed by atoms with Crippen LogP contribution in [0.4, 0.5) is 8.78 Å². The van der Waals surface area contributed by atoms with Gasteiger partial charge in [-0.25, -0.2) is 8.78 Å². The van der Waals surface area contributed by atoms with Crippen molar-refractivity contribution >= 4 is 0 Å². The van der Waals surface area contributed by atoms with Gasteiger partial charge < -0.3 is 5.73 Å². The lowest BCUT2D eigenvalue weighted by Gasteiger charge is -2.47. The van der Waals surface area contributed by atoms with Crippen LogP contribution in [0.1, 0.15) is 36.7 Å². The van der Waals surface area contributed by atoms with Gasteiger partial charge in [0.2, 0.25) is 5.92 Å². The summed E-state index contributed by atoms with van der Waals surface area (Å²) in [6, 6.07) is 0. The Labute approximate surface area is 100.0 Å². The van der Waals surface area contributed by atoms with Crippen molar-refractivity contribution in [1.82, 2.24) is 9.78 Å². The molecule has 3 nitrogen and oxygen atoms in total. The van der Waals surface area contributed by atoms with E-state index in [2.05, 4.69) is 5.10 Å². The summed E-state index contributed by atoms with van der Waals surface area (Å²) in [6.45, 7) is 6.83. The highest BCUT2D eigenvalue weighted by Gasteiger charge is 2.58. The van der Waals surface area contributed by atoms with Gasteiger partial charge in [0.05, 0.1) is 5.69 Å². The zero-order valence-electron chi connectivity index (χ0n) is 10.6. The first-order valence-corrected chi connectivity index (χ1v) is 5.97. The SMILES string of the molecule is CCn1nc(C)c(C2(CN)CC(F)(F)C2)c1C. The summed E-state index contributed by atoms with van der Waals surface area (Å²) < 4.78 is 28.2. The fourth-order valence-electron chi connectivity index (χ4n) is 3.13. The third-order valence-corrected chi connectivity index (χ3v) is 3.80. The number of alkyl halides is 2. The van der Waals surface area contributed by atoms with E-state index < -0.39 is 11.3 Å². The van der Waals surface area contributed by atoms with Crippen LogP contribution in [0.15, 0.2) is 0 Å². The van der Waals surface area contributed by atoms with E-state index in [0.717, 1.165) is 23.5 Å². The van der Waals surface area contributed by atoms with E-state index in [-0.39, 0.29) is 19.4 Å². The zero-order valence-corrected chi connectivity index (χ0v) is 10.6. The molecule has 0 aliphatic heterocycles. The van der Waals surface area contributed by atoms with Gasteiger partial charge in [0, 0.05) is 42.6 Å². The Balaban J connectivity index is 2.43. The molecule has 96 valence electrons. The Morgan fingerprint density at radius 3 is 2.29 bits per heavy atom. The molecule has 0 amide bonds. The molecule has 2 N–H and O–H groups in total. The number of rotatable bonds is 3. The van der Waals surface area contributed by atoms with Crippen molar-refractivity contribution in [1.29, 1.82) is 0 Å². The van der Waals surface area contributed by atoms with Crippen LogP contribution in [-0.4, -0.2) is 22.2 Å². The van der Waals surface area contributed by atoms with Crippen LogP contribution in [0.5, 0.6) is 0 Å². The van der Waals surface area contributed by atoms with Crippen molar-refractivity contribution in [3.8, 4) is 0 Å². The van der Waals surface area contributed by atoms with E-state index >= 15 is 0 Å². The van der Waals surface area contributed by atoms with Crippen molar-refractivity contribution in [3.05, 3.63) is 17.0 Å². The average molecular weight is 243 g/mol. The maximum absolute atomic E-state index is 13.2. The lowest BCUT2D eigenvalue weighted by Crippen LogP contribution is -2.54. The average Bonchev–Trinajstić information content (AvgIpc) is 2.50. The van der Waals surface area contributed by atoms with Gasteiger partial charge in [-0.2, -0.15) is 5.10 Å². The van der Waals surface area contributed by atoms with Gasteiger partial charge in [-0.1, -0.05) is 0 Å². The molecule has 0 spiro atoms. The van der Waals surface area contributed by atoms with Gasteiger partial charge in [0.25, 0.3) is 0 Å². The number of halogens is 2. The molecule has 1 aromatic heterocycles. The van der Waals surface area contributed by atoms with Crippen molar-refractivity contribution in [2.75, 3.05) is 6.54 Å². The molecule has 1 aromatic rings. The molecule has 0 aromatic carbocycles. The van der Waals surface area contributed by atoms with E-state index in [1.54, 1.807) is 0 Å². The van der Waals surface area contributed by atoms with Crippen molar-refractivity contribution < 1.29 is 8.78 Å². The van der Waals surface area contributed by atoms with E-state index in [4.69, 9.17) is 5.73 Å². The highest BCUT2D eigenvalue weighted by atomic mass is 19.3. The fraction of sp³-hybridized carbons (Fsp3) is 0.750. The Morgan fingerprint density at radius 1 is 1.35 bits per heavy atom. The standard InChI is InChI=1S/C12H19F2N3/c1-4-17-9(3)10(8(2)16-17)11(7-15)5-12(13,14)6-11/h4-7,15H2,1-3H3. The van der Waals surface area contributed by atoms with Crippen LogP contribution in [0.3, 0.4) is 0 Å². The number of nitrogens with two attached hydrogens (primary N) is 1. The minimum atomic E-state index is -2.56. The molecule has 2 rings (SSSR count). The van der Waals surface area contributed by atoms with Crippen LogP contribution in [-0.2, 0) is 12.0 Å². The number of hydrogen-bond acceptors (Lipinski definition) is 2. The van der Waals surface area contributed by atoms with E-state index in [1.807, 2.05) is 25.5 Å². The van der Waals surface area contributed by atoms with Crippen LogP contribution >= 0.6 is 0 Å². The molecular formula is C12H19F2N3. The topological polar surface area (TPSA) is 43.8 Å². The quantitative estimate of drug-likeness (QED) is 0.884. The summed E-state index contributed by atoms with van der Waals surface area (Å²) >= 11 is 0. The summed E-state index contributed by atoms with van der Waals surface area (Å²) in [5.74, 6) is -2.56. The third-order valence-electron chi connectivity index (χ3n) is 3.80. The maximum Gasteiger partial charge on any atom is 0.250 e. The lowest BCUT2D eigenvalue weighted by atomic mass is 9.61. The summed E-state index contributed by atoms with van der Waals surface area (Å²) in [7, 11) is 0. The number of aryl methyl sites for hydroxylation is 2. The van der Waals surface area contributed by atoms with Crippen molar-refractivity contribution in [3.63, 3.8) is 0 Å². The third kappa shape index (κ3) is 1.76. The summed E-state index contributed by atoms with van der Waals surface area (Å²) in [4.78, 5) is 0. The van der Waals surface area contributed by atoms with Crippen molar-refractivity contribution in [2.45, 2.75) is 51.5 Å². The maximum atomic E-state index is 13.2. The summed E-state index contributed by atoms with van der Waals surface area (Å²) in [5, 5.41) is 4.39. The molecule has 17 heavy (non-hydrogen) atoms. The van der Waals surface area contributed by atoms with Gasteiger partial charge >= 0.3 is 0 Å².